The van der Waals surface area contributed by atoms with Crippen molar-refractivity contribution in [2.75, 3.05) is 6.61 Å². The molecule has 1 aromatic carbocycles. The molecule has 0 amide bonds. The van der Waals surface area contributed by atoms with Gasteiger partial charge in [-0.1, -0.05) is 13.0 Å². The molecule has 2 heterocycles. The molecule has 1 aliphatic rings. The lowest BCUT2D eigenvalue weighted by Gasteiger charge is -2.13. The first-order chi connectivity index (χ1) is 16.2. The summed E-state index contributed by atoms with van der Waals surface area (Å²) >= 11 is 1.21. The number of rotatable bonds is 7. The van der Waals surface area contributed by atoms with Gasteiger partial charge < -0.3 is 14.6 Å². The molecule has 2 unspecified atom stereocenters. The summed E-state index contributed by atoms with van der Waals surface area (Å²) in [5, 5.41) is 10.4. The van der Waals surface area contributed by atoms with Gasteiger partial charge in [-0.05, 0) is 50.7 Å². The molecule has 1 aliphatic carbocycles. The van der Waals surface area contributed by atoms with Gasteiger partial charge in [0.2, 0.25) is 5.89 Å². The number of nitrogens with one attached hydrogen (secondary N) is 1. The number of esters is 1. The fourth-order valence-electron chi connectivity index (χ4n) is 4.39. The van der Waals surface area contributed by atoms with E-state index in [9.17, 15) is 18.0 Å². The second kappa shape index (κ2) is 9.69. The number of hydrogen-bond donors (Lipinski definition) is 1. The van der Waals surface area contributed by atoms with Crippen molar-refractivity contribution >= 4 is 40.2 Å². The van der Waals surface area contributed by atoms with E-state index in [1.165, 1.54) is 30.5 Å². The first-order valence-corrected chi connectivity index (χ1v) is 12.0. The van der Waals surface area contributed by atoms with Gasteiger partial charge in [-0.3, -0.25) is 0 Å². The number of carbonyl (C=O) groups is 1. The fourth-order valence-corrected chi connectivity index (χ4v) is 5.04. The molecule has 34 heavy (non-hydrogen) atoms. The number of alkyl halides is 3. The van der Waals surface area contributed by atoms with Gasteiger partial charge in [-0.15, -0.1) is 11.3 Å². The van der Waals surface area contributed by atoms with Gasteiger partial charge in [0.1, 0.15) is 10.5 Å². The molecule has 0 saturated heterocycles. The first-order valence-electron chi connectivity index (χ1n) is 11.1. The highest BCUT2D eigenvalue weighted by molar-refractivity contribution is 7.13. The minimum absolute atomic E-state index is 0.00381. The number of oxazole rings is 1. The maximum atomic E-state index is 14.1. The molecular formula is C24H24F3N3O3S. The number of thiazole rings is 1. The van der Waals surface area contributed by atoms with E-state index in [1.807, 2.05) is 0 Å². The number of aromatic nitrogens is 2. The van der Waals surface area contributed by atoms with Crippen LogP contribution >= 0.6 is 11.3 Å². The largest absolute Gasteiger partial charge is 0.462 e. The quantitative estimate of drug-likeness (QED) is 0.359. The summed E-state index contributed by atoms with van der Waals surface area (Å²) < 4.78 is 52.9. The van der Waals surface area contributed by atoms with Crippen molar-refractivity contribution in [3.05, 3.63) is 40.7 Å². The second-order valence-electron chi connectivity index (χ2n) is 8.10. The SMILES string of the molecule is CCOC(=O)c1cc(-c2nccs2)c2oc(/C=C/CC3CCC(CC)C3=N)nc2c1C(F)(F)F. The molecule has 0 aliphatic heterocycles. The van der Waals surface area contributed by atoms with Crippen LogP contribution in [-0.2, 0) is 10.9 Å². The smallest absolute Gasteiger partial charge is 0.419 e. The van der Waals surface area contributed by atoms with E-state index in [4.69, 9.17) is 14.6 Å². The molecule has 2 aromatic heterocycles. The van der Waals surface area contributed by atoms with Crippen molar-refractivity contribution in [3.8, 4) is 10.6 Å². The number of carbonyl (C=O) groups excluding carboxylic acids is 1. The topological polar surface area (TPSA) is 89.1 Å². The number of benzene rings is 1. The van der Waals surface area contributed by atoms with Crippen LogP contribution in [0.4, 0.5) is 13.2 Å². The van der Waals surface area contributed by atoms with Crippen molar-refractivity contribution in [1.82, 2.24) is 9.97 Å². The van der Waals surface area contributed by atoms with Crippen molar-refractivity contribution in [2.24, 2.45) is 11.8 Å². The van der Waals surface area contributed by atoms with Gasteiger partial charge in [-0.25, -0.2) is 14.8 Å². The third-order valence-corrected chi connectivity index (χ3v) is 6.85. The number of hydrogen-bond acceptors (Lipinski definition) is 7. The van der Waals surface area contributed by atoms with Crippen LogP contribution in [0.25, 0.3) is 27.7 Å². The van der Waals surface area contributed by atoms with Crippen LogP contribution in [0.3, 0.4) is 0 Å². The van der Waals surface area contributed by atoms with Crippen LogP contribution in [0.2, 0.25) is 0 Å². The molecule has 10 heteroatoms. The Morgan fingerprint density at radius 2 is 2.09 bits per heavy atom. The molecule has 0 bridgehead atoms. The van der Waals surface area contributed by atoms with E-state index in [-0.39, 0.29) is 29.6 Å². The van der Waals surface area contributed by atoms with Crippen LogP contribution in [0.15, 0.2) is 28.1 Å². The lowest BCUT2D eigenvalue weighted by molar-refractivity contribution is -0.137. The number of allylic oxidation sites excluding steroid dienone is 1. The minimum Gasteiger partial charge on any atom is -0.462 e. The summed E-state index contributed by atoms with van der Waals surface area (Å²) in [6, 6.07) is 1.12. The minimum atomic E-state index is -4.85. The molecule has 2 atom stereocenters. The Morgan fingerprint density at radius 1 is 1.32 bits per heavy atom. The molecule has 0 radical (unpaired) electrons. The highest BCUT2D eigenvalue weighted by atomic mass is 32.1. The molecule has 3 aromatic rings. The Hall–Kier alpha value is -3.01. The summed E-state index contributed by atoms with van der Waals surface area (Å²) in [4.78, 5) is 20.7. The van der Waals surface area contributed by atoms with Gasteiger partial charge >= 0.3 is 12.1 Å². The normalized spacial score (nSPS) is 18.9. The standard InChI is InChI=1S/C24H24F3N3O3S/c1-3-13-8-9-14(19(13)28)6-5-7-17-30-20-18(24(25,26)27)15(23(31)32-4-2)12-16(21(20)33-17)22-29-10-11-34-22/h5,7,10-14,28H,3-4,6,8-9H2,1-2H3/b7-5+,28-19?. The molecule has 4 rings (SSSR count). The van der Waals surface area contributed by atoms with Gasteiger partial charge in [0.05, 0.1) is 23.3 Å². The monoisotopic (exact) mass is 491 g/mol. The Morgan fingerprint density at radius 3 is 2.71 bits per heavy atom. The third kappa shape index (κ3) is 4.64. The number of fused-ring (bicyclic) bond motifs is 1. The molecular weight excluding hydrogens is 467 g/mol. The van der Waals surface area contributed by atoms with Gasteiger partial charge in [0, 0.05) is 23.2 Å². The van der Waals surface area contributed by atoms with E-state index in [1.54, 1.807) is 11.5 Å². The zero-order chi connectivity index (χ0) is 24.5. The molecule has 0 spiro atoms. The van der Waals surface area contributed by atoms with Crippen LogP contribution in [0, 0.1) is 17.2 Å². The summed E-state index contributed by atoms with van der Waals surface area (Å²) in [5.41, 5.74) is -1.38. The third-order valence-electron chi connectivity index (χ3n) is 6.04. The number of ether oxygens (including phenoxy) is 1. The molecule has 1 N–H and O–H groups in total. The number of nitrogens with zero attached hydrogens (tertiary/aromatic N) is 2. The van der Waals surface area contributed by atoms with Crippen LogP contribution in [-0.4, -0.2) is 28.3 Å². The highest BCUT2D eigenvalue weighted by Gasteiger charge is 2.41. The lowest BCUT2D eigenvalue weighted by atomic mass is 9.97. The highest BCUT2D eigenvalue weighted by Crippen LogP contribution is 2.42. The molecule has 1 saturated carbocycles. The van der Waals surface area contributed by atoms with E-state index < -0.39 is 28.8 Å². The Kier molecular flexibility index (Phi) is 6.88. The summed E-state index contributed by atoms with van der Waals surface area (Å²) in [6.07, 6.45) is 3.41. The van der Waals surface area contributed by atoms with Crippen molar-refractivity contribution in [2.45, 2.75) is 45.7 Å². The Labute approximate surface area is 198 Å². The predicted octanol–water partition coefficient (Wildman–Crippen LogP) is 7.01. The maximum Gasteiger partial charge on any atom is 0.419 e. The Bertz CT molecular complexity index is 1230. The summed E-state index contributed by atoms with van der Waals surface area (Å²) in [6.45, 7) is 3.53. The zero-order valence-corrected chi connectivity index (χ0v) is 19.6. The average molecular weight is 492 g/mol. The van der Waals surface area contributed by atoms with Crippen LogP contribution in [0.5, 0.6) is 0 Å². The van der Waals surface area contributed by atoms with E-state index in [0.29, 0.717) is 17.3 Å². The number of halogens is 3. The Balaban J connectivity index is 1.78. The summed E-state index contributed by atoms with van der Waals surface area (Å²) in [5.74, 6) is -0.660. The van der Waals surface area contributed by atoms with E-state index in [0.717, 1.165) is 31.0 Å². The molecule has 180 valence electrons. The van der Waals surface area contributed by atoms with Crippen molar-refractivity contribution < 1.29 is 27.1 Å². The van der Waals surface area contributed by atoms with Crippen molar-refractivity contribution in [3.63, 3.8) is 0 Å². The van der Waals surface area contributed by atoms with Crippen LogP contribution < -0.4 is 0 Å². The average Bonchev–Trinajstić information content (AvgIpc) is 3.52. The maximum absolute atomic E-state index is 14.1. The predicted molar refractivity (Wildman–Crippen MR) is 124 cm³/mol. The first kappa shape index (κ1) is 24.1. The van der Waals surface area contributed by atoms with E-state index in [2.05, 4.69) is 16.9 Å². The zero-order valence-electron chi connectivity index (χ0n) is 18.7. The second-order valence-corrected chi connectivity index (χ2v) is 9.00. The van der Waals surface area contributed by atoms with E-state index >= 15 is 0 Å². The lowest BCUT2D eigenvalue weighted by Crippen LogP contribution is -2.16. The van der Waals surface area contributed by atoms with Crippen molar-refractivity contribution in [1.29, 1.82) is 5.41 Å². The molecule has 1 fully saturated rings. The molecule has 6 nitrogen and oxygen atoms in total. The summed E-state index contributed by atoms with van der Waals surface area (Å²) in [7, 11) is 0. The fraction of sp³-hybridized carbons (Fsp3) is 0.417. The van der Waals surface area contributed by atoms with Gasteiger partial charge in [-0.2, -0.15) is 13.2 Å². The van der Waals surface area contributed by atoms with Gasteiger partial charge in [0.15, 0.2) is 5.58 Å². The van der Waals surface area contributed by atoms with Crippen LogP contribution in [0.1, 0.15) is 61.3 Å². The van der Waals surface area contributed by atoms with Gasteiger partial charge in [0.25, 0.3) is 0 Å².